The van der Waals surface area contributed by atoms with Gasteiger partial charge in [-0.25, -0.2) is 4.98 Å². The van der Waals surface area contributed by atoms with E-state index in [0.717, 1.165) is 25.9 Å². The third-order valence-electron chi connectivity index (χ3n) is 4.39. The molecule has 5 nitrogen and oxygen atoms in total. The number of pyridine rings is 1. The predicted molar refractivity (Wildman–Crippen MR) is 70.9 cm³/mol. The second-order valence-corrected chi connectivity index (χ2v) is 5.44. The average molecular weight is 261 g/mol. The molecule has 0 radical (unpaired) electrons. The molecular formula is C14H19N3O2. The van der Waals surface area contributed by atoms with Crippen LogP contribution in [0.2, 0.25) is 0 Å². The molecule has 2 heterocycles. The summed E-state index contributed by atoms with van der Waals surface area (Å²) in [6, 6.07) is 3.78. The third-order valence-corrected chi connectivity index (χ3v) is 4.39. The Morgan fingerprint density at radius 3 is 3.05 bits per heavy atom. The monoisotopic (exact) mass is 261 g/mol. The van der Waals surface area contributed by atoms with E-state index in [1.54, 1.807) is 18.3 Å². The van der Waals surface area contributed by atoms with Crippen molar-refractivity contribution in [3.8, 4) is 5.88 Å². The summed E-state index contributed by atoms with van der Waals surface area (Å²) < 4.78 is 5.16. The average Bonchev–Trinajstić information content (AvgIpc) is 3.00. The number of aromatic nitrogens is 1. The maximum absolute atomic E-state index is 12.5. The number of amides is 1. The molecule has 1 amide bonds. The van der Waals surface area contributed by atoms with Crippen LogP contribution in [0.1, 0.15) is 23.2 Å². The molecule has 1 aliphatic heterocycles. The highest BCUT2D eigenvalue weighted by molar-refractivity contribution is 5.96. The molecule has 1 aromatic heterocycles. The number of hydrogen-bond donors (Lipinski definition) is 1. The zero-order valence-electron chi connectivity index (χ0n) is 11.1. The van der Waals surface area contributed by atoms with Gasteiger partial charge < -0.3 is 15.4 Å². The molecule has 2 aliphatic rings. The standard InChI is InChI=1S/C14H19N3O2/c1-19-13-10(3-2-6-16-13)14(18)17-7-9-4-5-12(15)11(9)8-17/h2-3,6,9,11-12H,4-5,7-8,15H2,1H3/t9-,11+,12-/m0/s1. The van der Waals surface area contributed by atoms with E-state index in [-0.39, 0.29) is 11.9 Å². The van der Waals surface area contributed by atoms with E-state index >= 15 is 0 Å². The number of fused-ring (bicyclic) bond motifs is 1. The highest BCUT2D eigenvalue weighted by Crippen LogP contribution is 2.37. The Kier molecular flexibility index (Phi) is 3.14. The van der Waals surface area contributed by atoms with Gasteiger partial charge in [0.1, 0.15) is 5.56 Å². The lowest BCUT2D eigenvalue weighted by molar-refractivity contribution is 0.0775. The molecule has 3 atom stereocenters. The number of carbonyl (C=O) groups excluding carboxylic acids is 1. The van der Waals surface area contributed by atoms with Gasteiger partial charge >= 0.3 is 0 Å². The first-order valence-corrected chi connectivity index (χ1v) is 6.74. The molecule has 1 saturated carbocycles. The van der Waals surface area contributed by atoms with E-state index in [2.05, 4.69) is 4.98 Å². The summed E-state index contributed by atoms with van der Waals surface area (Å²) in [5.41, 5.74) is 6.64. The second-order valence-electron chi connectivity index (χ2n) is 5.44. The molecule has 102 valence electrons. The number of nitrogens with two attached hydrogens (primary N) is 1. The van der Waals surface area contributed by atoms with Crippen molar-refractivity contribution >= 4 is 5.91 Å². The fraction of sp³-hybridized carbons (Fsp3) is 0.571. The van der Waals surface area contributed by atoms with Crippen molar-refractivity contribution in [3.05, 3.63) is 23.9 Å². The Morgan fingerprint density at radius 2 is 2.32 bits per heavy atom. The van der Waals surface area contributed by atoms with Crippen LogP contribution in [0.5, 0.6) is 5.88 Å². The summed E-state index contributed by atoms with van der Waals surface area (Å²) in [5.74, 6) is 1.44. The fourth-order valence-electron chi connectivity index (χ4n) is 3.36. The molecule has 0 bridgehead atoms. The smallest absolute Gasteiger partial charge is 0.259 e. The summed E-state index contributed by atoms with van der Waals surface area (Å²) in [6.07, 6.45) is 3.86. The van der Waals surface area contributed by atoms with Gasteiger partial charge in [0.15, 0.2) is 0 Å². The van der Waals surface area contributed by atoms with Crippen LogP contribution < -0.4 is 10.5 Å². The number of rotatable bonds is 2. The van der Waals surface area contributed by atoms with E-state index in [4.69, 9.17) is 10.5 Å². The van der Waals surface area contributed by atoms with Crippen molar-refractivity contribution < 1.29 is 9.53 Å². The van der Waals surface area contributed by atoms with Gasteiger partial charge in [0.25, 0.3) is 5.91 Å². The summed E-state index contributed by atoms with van der Waals surface area (Å²) >= 11 is 0. The van der Waals surface area contributed by atoms with Gasteiger partial charge in [0.2, 0.25) is 5.88 Å². The van der Waals surface area contributed by atoms with Gasteiger partial charge in [-0.15, -0.1) is 0 Å². The number of carbonyl (C=O) groups is 1. The molecule has 19 heavy (non-hydrogen) atoms. The molecule has 1 saturated heterocycles. The van der Waals surface area contributed by atoms with Crippen LogP contribution in [-0.2, 0) is 0 Å². The highest BCUT2D eigenvalue weighted by atomic mass is 16.5. The normalized spacial score (nSPS) is 29.4. The maximum Gasteiger partial charge on any atom is 0.259 e. The van der Waals surface area contributed by atoms with Gasteiger partial charge in [0.05, 0.1) is 7.11 Å². The zero-order chi connectivity index (χ0) is 13.4. The number of hydrogen-bond acceptors (Lipinski definition) is 4. The molecule has 0 spiro atoms. The first-order valence-electron chi connectivity index (χ1n) is 6.74. The Morgan fingerprint density at radius 1 is 1.47 bits per heavy atom. The van der Waals surface area contributed by atoms with E-state index in [1.165, 1.54) is 7.11 Å². The number of ether oxygens (including phenoxy) is 1. The van der Waals surface area contributed by atoms with E-state index in [0.29, 0.717) is 23.3 Å². The van der Waals surface area contributed by atoms with Gasteiger partial charge in [-0.1, -0.05) is 0 Å². The topological polar surface area (TPSA) is 68.5 Å². The van der Waals surface area contributed by atoms with Crippen LogP contribution in [0, 0.1) is 11.8 Å². The molecular weight excluding hydrogens is 242 g/mol. The van der Waals surface area contributed by atoms with Crippen molar-refractivity contribution in [1.82, 2.24) is 9.88 Å². The van der Waals surface area contributed by atoms with Crippen molar-refractivity contribution in [3.63, 3.8) is 0 Å². The second kappa shape index (κ2) is 4.81. The number of methoxy groups -OCH3 is 1. The van der Waals surface area contributed by atoms with Crippen molar-refractivity contribution in [2.75, 3.05) is 20.2 Å². The lowest BCUT2D eigenvalue weighted by Crippen LogP contribution is -2.33. The molecule has 1 aliphatic carbocycles. The lowest BCUT2D eigenvalue weighted by atomic mass is 9.98. The van der Waals surface area contributed by atoms with Gasteiger partial charge in [-0.05, 0) is 36.8 Å². The quantitative estimate of drug-likeness (QED) is 0.859. The largest absolute Gasteiger partial charge is 0.480 e. The summed E-state index contributed by atoms with van der Waals surface area (Å²) in [4.78, 5) is 18.5. The fourth-order valence-corrected chi connectivity index (χ4v) is 3.36. The van der Waals surface area contributed by atoms with Crippen LogP contribution in [0.15, 0.2) is 18.3 Å². The minimum absolute atomic E-state index is 0.00606. The Labute approximate surface area is 112 Å². The maximum atomic E-state index is 12.5. The number of likely N-dealkylation sites (tertiary alicyclic amines) is 1. The summed E-state index contributed by atoms with van der Waals surface area (Å²) in [7, 11) is 1.54. The predicted octanol–water partition coefficient (Wildman–Crippen LogP) is 0.900. The SMILES string of the molecule is COc1ncccc1C(=O)N1C[C@@H]2CC[C@H](N)[C@@H]2C1. The first kappa shape index (κ1) is 12.4. The van der Waals surface area contributed by atoms with Gasteiger partial charge in [0, 0.05) is 25.3 Å². The molecule has 2 fully saturated rings. The highest BCUT2D eigenvalue weighted by Gasteiger charge is 2.42. The lowest BCUT2D eigenvalue weighted by Gasteiger charge is -2.19. The van der Waals surface area contributed by atoms with Crippen LogP contribution >= 0.6 is 0 Å². The van der Waals surface area contributed by atoms with Crippen LogP contribution in [0.25, 0.3) is 0 Å². The van der Waals surface area contributed by atoms with Crippen molar-refractivity contribution in [1.29, 1.82) is 0 Å². The Bertz CT molecular complexity index is 491. The Hall–Kier alpha value is -1.62. The third kappa shape index (κ3) is 2.08. The minimum Gasteiger partial charge on any atom is -0.480 e. The summed E-state index contributed by atoms with van der Waals surface area (Å²) in [5, 5.41) is 0. The van der Waals surface area contributed by atoms with Crippen molar-refractivity contribution in [2.45, 2.75) is 18.9 Å². The summed E-state index contributed by atoms with van der Waals surface area (Å²) in [6.45, 7) is 1.58. The Balaban J connectivity index is 1.78. The molecule has 2 N–H and O–H groups in total. The van der Waals surface area contributed by atoms with E-state index < -0.39 is 0 Å². The van der Waals surface area contributed by atoms with E-state index in [1.807, 2.05) is 4.90 Å². The first-order chi connectivity index (χ1) is 9.20. The minimum atomic E-state index is 0.00606. The molecule has 5 heteroatoms. The molecule has 0 unspecified atom stereocenters. The van der Waals surface area contributed by atoms with Crippen LogP contribution in [-0.4, -0.2) is 42.0 Å². The molecule has 0 aromatic carbocycles. The van der Waals surface area contributed by atoms with Crippen LogP contribution in [0.4, 0.5) is 0 Å². The van der Waals surface area contributed by atoms with Gasteiger partial charge in [-0.2, -0.15) is 0 Å². The van der Waals surface area contributed by atoms with E-state index in [9.17, 15) is 4.79 Å². The van der Waals surface area contributed by atoms with Crippen LogP contribution in [0.3, 0.4) is 0 Å². The molecule has 1 aromatic rings. The molecule has 3 rings (SSSR count). The van der Waals surface area contributed by atoms with Gasteiger partial charge in [-0.3, -0.25) is 4.79 Å². The number of nitrogens with zero attached hydrogens (tertiary/aromatic N) is 2. The zero-order valence-corrected chi connectivity index (χ0v) is 11.1. The van der Waals surface area contributed by atoms with Crippen molar-refractivity contribution in [2.24, 2.45) is 17.6 Å².